The van der Waals surface area contributed by atoms with Gasteiger partial charge in [0.25, 0.3) is 0 Å². The second-order valence-electron chi connectivity index (χ2n) is 2.46. The number of aliphatic hydroxyl groups excluding tert-OH is 1. The van der Waals surface area contributed by atoms with Crippen LogP contribution in [0, 0.1) is 0 Å². The Bertz CT molecular complexity index is 87.1. The number of hydrogen-bond acceptors (Lipinski definition) is 3. The number of hydrogen-bond donors (Lipinski definition) is 2. The van der Waals surface area contributed by atoms with E-state index in [0.717, 1.165) is 12.8 Å². The van der Waals surface area contributed by atoms with Gasteiger partial charge in [-0.25, -0.2) is 0 Å². The van der Waals surface area contributed by atoms with E-state index in [0.29, 0.717) is 6.61 Å². The van der Waals surface area contributed by atoms with Crippen LogP contribution in [0.25, 0.3) is 0 Å². The standard InChI is InChI=1S/C6H13NO2/c7-5-1-2-9-6(3-5)4-8/h5-6,8H,1-4,7H2/t5-,6+/m1/s1. The molecule has 2 atom stereocenters. The van der Waals surface area contributed by atoms with E-state index < -0.39 is 0 Å². The lowest BCUT2D eigenvalue weighted by molar-refractivity contribution is -0.0237. The third kappa shape index (κ3) is 1.93. The van der Waals surface area contributed by atoms with Gasteiger partial charge in [-0.1, -0.05) is 0 Å². The van der Waals surface area contributed by atoms with Crippen molar-refractivity contribution in [3.05, 3.63) is 0 Å². The minimum absolute atomic E-state index is 0.00579. The van der Waals surface area contributed by atoms with Crippen molar-refractivity contribution in [2.75, 3.05) is 13.2 Å². The highest BCUT2D eigenvalue weighted by atomic mass is 16.5. The molecular weight excluding hydrogens is 118 g/mol. The Balaban J connectivity index is 2.23. The molecule has 0 saturated carbocycles. The van der Waals surface area contributed by atoms with Crippen LogP contribution in [0.15, 0.2) is 0 Å². The molecule has 0 bridgehead atoms. The first-order chi connectivity index (χ1) is 4.33. The molecule has 1 aliphatic heterocycles. The van der Waals surface area contributed by atoms with Crippen molar-refractivity contribution in [2.45, 2.75) is 25.0 Å². The van der Waals surface area contributed by atoms with Gasteiger partial charge in [0.2, 0.25) is 0 Å². The van der Waals surface area contributed by atoms with E-state index in [9.17, 15) is 0 Å². The molecule has 3 nitrogen and oxygen atoms in total. The zero-order valence-corrected chi connectivity index (χ0v) is 5.42. The molecular formula is C6H13NO2. The lowest BCUT2D eigenvalue weighted by Gasteiger charge is -2.25. The van der Waals surface area contributed by atoms with Gasteiger partial charge in [-0.3, -0.25) is 0 Å². The van der Waals surface area contributed by atoms with Crippen molar-refractivity contribution in [2.24, 2.45) is 5.73 Å². The Morgan fingerprint density at radius 1 is 1.67 bits per heavy atom. The van der Waals surface area contributed by atoms with Gasteiger partial charge in [0.1, 0.15) is 0 Å². The third-order valence-electron chi connectivity index (χ3n) is 1.61. The molecule has 0 amide bonds. The molecule has 0 unspecified atom stereocenters. The maximum atomic E-state index is 8.63. The molecule has 54 valence electrons. The summed E-state index contributed by atoms with van der Waals surface area (Å²) in [4.78, 5) is 0. The number of nitrogens with two attached hydrogens (primary N) is 1. The zero-order chi connectivity index (χ0) is 6.69. The monoisotopic (exact) mass is 131 g/mol. The Morgan fingerprint density at radius 2 is 2.44 bits per heavy atom. The number of aliphatic hydroxyl groups is 1. The van der Waals surface area contributed by atoms with Gasteiger partial charge in [-0.2, -0.15) is 0 Å². The average Bonchev–Trinajstić information content (AvgIpc) is 1.88. The lowest BCUT2D eigenvalue weighted by Crippen LogP contribution is -2.36. The molecule has 0 aromatic rings. The van der Waals surface area contributed by atoms with Gasteiger partial charge >= 0.3 is 0 Å². The van der Waals surface area contributed by atoms with Crippen LogP contribution in [-0.2, 0) is 4.74 Å². The van der Waals surface area contributed by atoms with Gasteiger partial charge < -0.3 is 15.6 Å². The SMILES string of the molecule is N[C@@H]1CCO[C@H](CO)C1. The summed E-state index contributed by atoms with van der Waals surface area (Å²) >= 11 is 0. The van der Waals surface area contributed by atoms with Gasteiger partial charge in [0, 0.05) is 12.6 Å². The second-order valence-corrected chi connectivity index (χ2v) is 2.46. The highest BCUT2D eigenvalue weighted by molar-refractivity contribution is 4.72. The number of ether oxygens (including phenoxy) is 1. The summed E-state index contributed by atoms with van der Waals surface area (Å²) in [6, 6.07) is 0.232. The van der Waals surface area contributed by atoms with E-state index >= 15 is 0 Å². The van der Waals surface area contributed by atoms with E-state index in [-0.39, 0.29) is 18.8 Å². The second kappa shape index (κ2) is 3.15. The van der Waals surface area contributed by atoms with Gasteiger partial charge in [0.15, 0.2) is 0 Å². The smallest absolute Gasteiger partial charge is 0.0820 e. The van der Waals surface area contributed by atoms with Crippen LogP contribution < -0.4 is 5.73 Å². The van der Waals surface area contributed by atoms with Crippen LogP contribution in [0.3, 0.4) is 0 Å². The Morgan fingerprint density at radius 3 is 2.89 bits per heavy atom. The average molecular weight is 131 g/mol. The summed E-state index contributed by atoms with van der Waals surface area (Å²) in [5.41, 5.74) is 5.61. The first-order valence-electron chi connectivity index (χ1n) is 3.31. The Hall–Kier alpha value is -0.120. The van der Waals surface area contributed by atoms with Crippen LogP contribution in [0.1, 0.15) is 12.8 Å². The minimum Gasteiger partial charge on any atom is -0.394 e. The van der Waals surface area contributed by atoms with Crippen LogP contribution in [0.4, 0.5) is 0 Å². The zero-order valence-electron chi connectivity index (χ0n) is 5.42. The fourth-order valence-electron chi connectivity index (χ4n) is 1.04. The molecule has 1 aliphatic rings. The fraction of sp³-hybridized carbons (Fsp3) is 1.00. The summed E-state index contributed by atoms with van der Waals surface area (Å²) in [5.74, 6) is 0. The highest BCUT2D eigenvalue weighted by Crippen LogP contribution is 2.10. The molecule has 3 heteroatoms. The van der Waals surface area contributed by atoms with Crippen LogP contribution >= 0.6 is 0 Å². The lowest BCUT2D eigenvalue weighted by atomic mass is 10.1. The predicted molar refractivity (Wildman–Crippen MR) is 34.0 cm³/mol. The van der Waals surface area contributed by atoms with Crippen LogP contribution in [0.5, 0.6) is 0 Å². The summed E-state index contributed by atoms with van der Waals surface area (Å²) < 4.78 is 5.17. The summed E-state index contributed by atoms with van der Waals surface area (Å²) in [5, 5.41) is 8.63. The molecule has 0 radical (unpaired) electrons. The number of rotatable bonds is 1. The summed E-state index contributed by atoms with van der Waals surface area (Å²) in [6.45, 7) is 0.806. The van der Waals surface area contributed by atoms with Gasteiger partial charge in [-0.15, -0.1) is 0 Å². The fourth-order valence-corrected chi connectivity index (χ4v) is 1.04. The highest BCUT2D eigenvalue weighted by Gasteiger charge is 2.17. The predicted octanol–water partition coefficient (Wildman–Crippen LogP) is -0.515. The minimum atomic E-state index is -0.00579. The largest absolute Gasteiger partial charge is 0.394 e. The van der Waals surface area contributed by atoms with Crippen molar-refractivity contribution in [1.82, 2.24) is 0 Å². The quantitative estimate of drug-likeness (QED) is 0.503. The van der Waals surface area contributed by atoms with Crippen molar-refractivity contribution >= 4 is 0 Å². The van der Waals surface area contributed by atoms with Gasteiger partial charge in [-0.05, 0) is 12.8 Å². The summed E-state index contributed by atoms with van der Waals surface area (Å²) in [7, 11) is 0. The molecule has 3 N–H and O–H groups in total. The maximum Gasteiger partial charge on any atom is 0.0820 e. The van der Waals surface area contributed by atoms with Crippen molar-refractivity contribution in [3.63, 3.8) is 0 Å². The molecule has 0 spiro atoms. The molecule has 9 heavy (non-hydrogen) atoms. The Kier molecular flexibility index (Phi) is 2.45. The van der Waals surface area contributed by atoms with E-state index in [1.54, 1.807) is 0 Å². The third-order valence-corrected chi connectivity index (χ3v) is 1.61. The van der Waals surface area contributed by atoms with Gasteiger partial charge in [0.05, 0.1) is 12.7 Å². The normalized spacial score (nSPS) is 36.7. The van der Waals surface area contributed by atoms with E-state index in [1.807, 2.05) is 0 Å². The van der Waals surface area contributed by atoms with Crippen LogP contribution in [-0.4, -0.2) is 30.5 Å². The first kappa shape index (κ1) is 6.99. The van der Waals surface area contributed by atoms with Crippen molar-refractivity contribution < 1.29 is 9.84 Å². The van der Waals surface area contributed by atoms with Crippen molar-refractivity contribution in [1.29, 1.82) is 0 Å². The summed E-state index contributed by atoms with van der Waals surface area (Å²) in [6.07, 6.45) is 1.72. The molecule has 1 saturated heterocycles. The molecule has 1 fully saturated rings. The maximum absolute atomic E-state index is 8.63. The van der Waals surface area contributed by atoms with Crippen LogP contribution in [0.2, 0.25) is 0 Å². The van der Waals surface area contributed by atoms with Crippen molar-refractivity contribution in [3.8, 4) is 0 Å². The molecule has 1 heterocycles. The molecule has 1 rings (SSSR count). The van der Waals surface area contributed by atoms with E-state index in [4.69, 9.17) is 15.6 Å². The van der Waals surface area contributed by atoms with E-state index in [2.05, 4.69) is 0 Å². The molecule has 0 aromatic heterocycles. The topological polar surface area (TPSA) is 55.5 Å². The Labute approximate surface area is 54.8 Å². The molecule has 0 aromatic carbocycles. The van der Waals surface area contributed by atoms with E-state index in [1.165, 1.54) is 0 Å². The molecule has 0 aliphatic carbocycles. The first-order valence-corrected chi connectivity index (χ1v) is 3.31.